The summed E-state index contributed by atoms with van der Waals surface area (Å²) in [5, 5.41) is 10.7. The molecule has 3 aromatic rings. The first-order chi connectivity index (χ1) is 13.2. The molecule has 6 heteroatoms. The molecule has 1 aromatic heterocycles. The molecule has 1 N–H and O–H groups in total. The van der Waals surface area contributed by atoms with Crippen LogP contribution in [-0.2, 0) is 6.54 Å². The number of halogens is 1. The van der Waals surface area contributed by atoms with Crippen molar-refractivity contribution in [3.8, 4) is 0 Å². The number of thioether (sulfide) groups is 1. The monoisotopic (exact) mass is 385 g/mol. The van der Waals surface area contributed by atoms with Gasteiger partial charge < -0.3 is 14.6 Å². The minimum atomic E-state index is -0.210. The number of benzene rings is 2. The van der Waals surface area contributed by atoms with Gasteiger partial charge in [-0.25, -0.2) is 9.37 Å². The number of hydrogen-bond acceptors (Lipinski definition) is 4. The summed E-state index contributed by atoms with van der Waals surface area (Å²) in [6.07, 6.45) is 2.20. The topological polar surface area (TPSA) is 41.3 Å². The fraction of sp³-hybridized carbons (Fsp3) is 0.381. The van der Waals surface area contributed by atoms with Crippen molar-refractivity contribution in [3.05, 3.63) is 59.9 Å². The van der Waals surface area contributed by atoms with E-state index in [1.165, 1.54) is 12.1 Å². The lowest BCUT2D eigenvalue weighted by atomic mass is 10.1. The van der Waals surface area contributed by atoms with Gasteiger partial charge in [0.15, 0.2) is 5.16 Å². The largest absolute Gasteiger partial charge is 0.395 e. The first-order valence-corrected chi connectivity index (χ1v) is 10.3. The van der Waals surface area contributed by atoms with E-state index in [1.54, 1.807) is 0 Å². The predicted octanol–water partition coefficient (Wildman–Crippen LogP) is 3.77. The summed E-state index contributed by atoms with van der Waals surface area (Å²) in [4.78, 5) is 7.19. The Bertz CT molecular complexity index is 888. The van der Waals surface area contributed by atoms with Crippen LogP contribution in [0.3, 0.4) is 0 Å². The standard InChI is InChI=1S/C21H24FN3OS/c22-17-7-5-16(6-8-17)15-25-20-4-2-1-3-19(20)23-21(25)27-18-9-11-24(12-10-18)13-14-26/h1-8,18,26H,9-15H2. The first-order valence-electron chi connectivity index (χ1n) is 9.42. The van der Waals surface area contributed by atoms with Crippen LogP contribution in [0.4, 0.5) is 4.39 Å². The van der Waals surface area contributed by atoms with E-state index in [0.29, 0.717) is 11.8 Å². The Morgan fingerprint density at radius 1 is 1.07 bits per heavy atom. The van der Waals surface area contributed by atoms with Gasteiger partial charge >= 0.3 is 0 Å². The zero-order chi connectivity index (χ0) is 18.6. The molecule has 0 amide bonds. The third-order valence-corrected chi connectivity index (χ3v) is 6.42. The van der Waals surface area contributed by atoms with Crippen molar-refractivity contribution in [2.75, 3.05) is 26.2 Å². The molecule has 1 aliphatic rings. The van der Waals surface area contributed by atoms with Crippen LogP contribution in [0.25, 0.3) is 11.0 Å². The Hall–Kier alpha value is -1.89. The Morgan fingerprint density at radius 3 is 2.56 bits per heavy atom. The molecule has 0 aliphatic carbocycles. The maximum Gasteiger partial charge on any atom is 0.169 e. The van der Waals surface area contributed by atoms with Gasteiger partial charge in [-0.15, -0.1) is 0 Å². The lowest BCUT2D eigenvalue weighted by molar-refractivity contribution is 0.175. The van der Waals surface area contributed by atoms with Crippen molar-refractivity contribution in [3.63, 3.8) is 0 Å². The molecule has 2 aromatic carbocycles. The SMILES string of the molecule is OCCN1CCC(Sc2nc3ccccc3n2Cc2ccc(F)cc2)CC1. The second-order valence-corrected chi connectivity index (χ2v) is 8.25. The van der Waals surface area contributed by atoms with E-state index in [1.807, 2.05) is 42.1 Å². The molecule has 0 spiro atoms. The third-order valence-electron chi connectivity index (χ3n) is 5.10. The predicted molar refractivity (Wildman–Crippen MR) is 108 cm³/mol. The smallest absolute Gasteiger partial charge is 0.169 e. The molecule has 4 rings (SSSR count). The fourth-order valence-electron chi connectivity index (χ4n) is 3.61. The van der Waals surface area contributed by atoms with E-state index in [9.17, 15) is 4.39 Å². The summed E-state index contributed by atoms with van der Waals surface area (Å²) < 4.78 is 15.5. The number of piperidine rings is 1. The molecule has 0 unspecified atom stereocenters. The van der Waals surface area contributed by atoms with Gasteiger partial charge in [0.05, 0.1) is 24.2 Å². The number of imidazole rings is 1. The lowest BCUT2D eigenvalue weighted by Gasteiger charge is -2.30. The third kappa shape index (κ3) is 4.34. The lowest BCUT2D eigenvalue weighted by Crippen LogP contribution is -2.36. The fourth-order valence-corrected chi connectivity index (χ4v) is 4.80. The van der Waals surface area contributed by atoms with Crippen molar-refractivity contribution < 1.29 is 9.50 Å². The van der Waals surface area contributed by atoms with Gasteiger partial charge in [0.2, 0.25) is 0 Å². The first kappa shape index (κ1) is 18.5. The van der Waals surface area contributed by atoms with Crippen LogP contribution >= 0.6 is 11.8 Å². The Labute approximate surface area is 163 Å². The zero-order valence-corrected chi connectivity index (χ0v) is 16.0. The summed E-state index contributed by atoms with van der Waals surface area (Å²) in [7, 11) is 0. The summed E-state index contributed by atoms with van der Waals surface area (Å²) in [6, 6.07) is 14.9. The number of hydrogen-bond donors (Lipinski definition) is 1. The molecular weight excluding hydrogens is 361 g/mol. The highest BCUT2D eigenvalue weighted by atomic mass is 32.2. The van der Waals surface area contributed by atoms with E-state index >= 15 is 0 Å². The van der Waals surface area contributed by atoms with Crippen LogP contribution < -0.4 is 0 Å². The van der Waals surface area contributed by atoms with Crippen LogP contribution in [0.15, 0.2) is 53.7 Å². The average molecular weight is 386 g/mol. The van der Waals surface area contributed by atoms with Crippen LogP contribution in [0.1, 0.15) is 18.4 Å². The van der Waals surface area contributed by atoms with Gasteiger partial charge in [-0.3, -0.25) is 0 Å². The Kier molecular flexibility index (Phi) is 5.76. The highest BCUT2D eigenvalue weighted by Gasteiger charge is 2.22. The van der Waals surface area contributed by atoms with Crippen molar-refractivity contribution in [2.24, 2.45) is 0 Å². The van der Waals surface area contributed by atoms with Gasteiger partial charge in [-0.2, -0.15) is 0 Å². The second kappa shape index (κ2) is 8.42. The zero-order valence-electron chi connectivity index (χ0n) is 15.2. The van der Waals surface area contributed by atoms with Gasteiger partial charge in [0.1, 0.15) is 5.82 Å². The highest BCUT2D eigenvalue weighted by Crippen LogP contribution is 2.32. The van der Waals surface area contributed by atoms with Crippen LogP contribution in [-0.4, -0.2) is 51.0 Å². The summed E-state index contributed by atoms with van der Waals surface area (Å²) >= 11 is 1.85. The Morgan fingerprint density at radius 2 is 1.81 bits per heavy atom. The summed E-state index contributed by atoms with van der Waals surface area (Å²) in [6.45, 7) is 3.73. The van der Waals surface area contributed by atoms with E-state index in [0.717, 1.165) is 54.2 Å². The van der Waals surface area contributed by atoms with Crippen LogP contribution in [0.2, 0.25) is 0 Å². The number of aliphatic hydroxyl groups excluding tert-OH is 1. The number of nitrogens with zero attached hydrogens (tertiary/aromatic N) is 3. The number of likely N-dealkylation sites (tertiary alicyclic amines) is 1. The second-order valence-electron chi connectivity index (χ2n) is 6.98. The highest BCUT2D eigenvalue weighted by molar-refractivity contribution is 7.99. The molecule has 142 valence electrons. The van der Waals surface area contributed by atoms with E-state index in [2.05, 4.69) is 15.5 Å². The summed E-state index contributed by atoms with van der Waals surface area (Å²) in [5.74, 6) is -0.210. The number of rotatable bonds is 6. The van der Waals surface area contributed by atoms with Gasteiger partial charge in [0, 0.05) is 11.8 Å². The Balaban J connectivity index is 1.56. The molecule has 0 radical (unpaired) electrons. The molecule has 1 fully saturated rings. The molecule has 0 bridgehead atoms. The number of aromatic nitrogens is 2. The summed E-state index contributed by atoms with van der Waals surface area (Å²) in [5.41, 5.74) is 3.18. The van der Waals surface area contributed by atoms with Crippen molar-refractivity contribution in [2.45, 2.75) is 29.8 Å². The molecule has 0 saturated carbocycles. The number of para-hydroxylation sites is 2. The van der Waals surface area contributed by atoms with E-state index < -0.39 is 0 Å². The van der Waals surface area contributed by atoms with Gasteiger partial charge in [-0.1, -0.05) is 36.0 Å². The molecule has 1 saturated heterocycles. The van der Waals surface area contributed by atoms with Crippen molar-refractivity contribution in [1.29, 1.82) is 0 Å². The number of fused-ring (bicyclic) bond motifs is 1. The normalized spacial score (nSPS) is 16.2. The maximum absolute atomic E-state index is 13.3. The molecular formula is C21H24FN3OS. The van der Waals surface area contributed by atoms with E-state index in [4.69, 9.17) is 10.1 Å². The van der Waals surface area contributed by atoms with Crippen molar-refractivity contribution >= 4 is 22.8 Å². The van der Waals surface area contributed by atoms with Crippen molar-refractivity contribution in [1.82, 2.24) is 14.5 Å². The number of aliphatic hydroxyl groups is 1. The van der Waals surface area contributed by atoms with Crippen LogP contribution in [0.5, 0.6) is 0 Å². The van der Waals surface area contributed by atoms with Gasteiger partial charge in [-0.05, 0) is 55.8 Å². The molecule has 1 aliphatic heterocycles. The maximum atomic E-state index is 13.3. The van der Waals surface area contributed by atoms with Gasteiger partial charge in [0.25, 0.3) is 0 Å². The quantitative estimate of drug-likeness (QED) is 0.701. The molecule has 0 atom stereocenters. The number of β-amino-alcohol motifs (C(OH)–C–C–N with tert-alkyl or cyclic N) is 1. The average Bonchev–Trinajstić information content (AvgIpc) is 3.02. The molecule has 2 heterocycles. The molecule has 4 nitrogen and oxygen atoms in total. The van der Waals surface area contributed by atoms with E-state index in [-0.39, 0.29) is 12.4 Å². The van der Waals surface area contributed by atoms with Crippen LogP contribution in [0, 0.1) is 5.82 Å². The minimum Gasteiger partial charge on any atom is -0.395 e. The molecule has 27 heavy (non-hydrogen) atoms. The minimum absolute atomic E-state index is 0.210.